The van der Waals surface area contributed by atoms with Gasteiger partial charge >= 0.3 is 0 Å². The number of nitrogens with two attached hydrogens (primary N) is 1. The molecule has 102 valence electrons. The normalized spacial score (nSPS) is 20.1. The molecule has 1 unspecified atom stereocenters. The number of nitrogens with one attached hydrogen (secondary N) is 1. The summed E-state index contributed by atoms with van der Waals surface area (Å²) >= 11 is 0. The molecule has 1 aliphatic rings. The van der Waals surface area contributed by atoms with E-state index in [9.17, 15) is 0 Å². The van der Waals surface area contributed by atoms with Crippen molar-refractivity contribution >= 4 is 0 Å². The van der Waals surface area contributed by atoms with E-state index in [0.717, 1.165) is 12.6 Å². The average Bonchev–Trinajstić information content (AvgIpc) is 2.61. The first kappa shape index (κ1) is 15.0. The number of hydrogen-bond acceptors (Lipinski definition) is 2. The van der Waals surface area contributed by atoms with Crippen LogP contribution in [0.3, 0.4) is 0 Å². The summed E-state index contributed by atoms with van der Waals surface area (Å²) in [5, 5.41) is 3.80. The first-order chi connectivity index (χ1) is 8.36. The summed E-state index contributed by atoms with van der Waals surface area (Å²) in [6, 6.07) is 1.31. The lowest BCUT2D eigenvalue weighted by atomic mass is 10.0. The Morgan fingerprint density at radius 3 is 2.35 bits per heavy atom. The van der Waals surface area contributed by atoms with Crippen LogP contribution in [-0.4, -0.2) is 18.6 Å². The molecule has 17 heavy (non-hydrogen) atoms. The molecule has 0 radical (unpaired) electrons. The van der Waals surface area contributed by atoms with Crippen LogP contribution in [0.4, 0.5) is 0 Å². The second-order valence-electron chi connectivity index (χ2n) is 5.64. The van der Waals surface area contributed by atoms with Gasteiger partial charge in [0.2, 0.25) is 0 Å². The maximum Gasteiger partial charge on any atom is 0.0192 e. The molecule has 1 saturated carbocycles. The standard InChI is InChI=1S/C15H32N2/c1-2-3-4-7-12-15(13-16)17-14-10-8-5-6-9-11-14/h14-15,17H,2-13,16H2,1H3. The lowest BCUT2D eigenvalue weighted by Gasteiger charge is -2.24. The third-order valence-electron chi connectivity index (χ3n) is 4.02. The maximum absolute atomic E-state index is 5.88. The Balaban J connectivity index is 2.15. The fraction of sp³-hybridized carbons (Fsp3) is 1.00. The Kier molecular flexibility index (Phi) is 8.72. The molecule has 1 aliphatic carbocycles. The van der Waals surface area contributed by atoms with Crippen LogP contribution in [0.1, 0.15) is 77.6 Å². The van der Waals surface area contributed by atoms with Crippen LogP contribution in [0.5, 0.6) is 0 Å². The van der Waals surface area contributed by atoms with E-state index < -0.39 is 0 Å². The van der Waals surface area contributed by atoms with Crippen LogP contribution in [0.25, 0.3) is 0 Å². The van der Waals surface area contributed by atoms with Crippen LogP contribution in [0.15, 0.2) is 0 Å². The van der Waals surface area contributed by atoms with E-state index in [1.807, 2.05) is 0 Å². The van der Waals surface area contributed by atoms with Crippen molar-refractivity contribution in [3.63, 3.8) is 0 Å². The molecule has 0 spiro atoms. The highest BCUT2D eigenvalue weighted by Gasteiger charge is 2.15. The summed E-state index contributed by atoms with van der Waals surface area (Å²) in [6.45, 7) is 3.08. The minimum absolute atomic E-state index is 0.565. The molecule has 2 heteroatoms. The monoisotopic (exact) mass is 240 g/mol. The Morgan fingerprint density at radius 1 is 1.06 bits per heavy atom. The van der Waals surface area contributed by atoms with Gasteiger partial charge in [0.05, 0.1) is 0 Å². The fourth-order valence-electron chi connectivity index (χ4n) is 2.87. The second kappa shape index (κ2) is 9.90. The average molecular weight is 240 g/mol. The van der Waals surface area contributed by atoms with E-state index in [1.54, 1.807) is 0 Å². The molecule has 0 bridgehead atoms. The van der Waals surface area contributed by atoms with Crippen molar-refractivity contribution in [1.29, 1.82) is 0 Å². The van der Waals surface area contributed by atoms with Crippen molar-refractivity contribution in [3.05, 3.63) is 0 Å². The van der Waals surface area contributed by atoms with Crippen LogP contribution >= 0.6 is 0 Å². The van der Waals surface area contributed by atoms with Gasteiger partial charge < -0.3 is 11.1 Å². The highest BCUT2D eigenvalue weighted by Crippen LogP contribution is 2.18. The van der Waals surface area contributed by atoms with Crippen molar-refractivity contribution in [3.8, 4) is 0 Å². The van der Waals surface area contributed by atoms with Gasteiger partial charge in [0.1, 0.15) is 0 Å². The zero-order valence-electron chi connectivity index (χ0n) is 11.7. The SMILES string of the molecule is CCCCCCC(CN)NC1CCCCCC1. The third kappa shape index (κ3) is 7.05. The summed E-state index contributed by atoms with van der Waals surface area (Å²) in [7, 11) is 0. The molecular weight excluding hydrogens is 208 g/mol. The first-order valence-corrected chi connectivity index (χ1v) is 7.83. The predicted molar refractivity (Wildman–Crippen MR) is 76.2 cm³/mol. The molecule has 0 saturated heterocycles. The maximum atomic E-state index is 5.88. The minimum atomic E-state index is 0.565. The van der Waals surface area contributed by atoms with Crippen molar-refractivity contribution < 1.29 is 0 Å². The van der Waals surface area contributed by atoms with Gasteiger partial charge in [0.15, 0.2) is 0 Å². The van der Waals surface area contributed by atoms with E-state index in [1.165, 1.54) is 70.6 Å². The van der Waals surface area contributed by atoms with E-state index >= 15 is 0 Å². The summed E-state index contributed by atoms with van der Waals surface area (Å²) in [5.41, 5.74) is 5.88. The van der Waals surface area contributed by atoms with Crippen molar-refractivity contribution in [2.75, 3.05) is 6.54 Å². The Morgan fingerprint density at radius 2 is 1.76 bits per heavy atom. The van der Waals surface area contributed by atoms with Crippen molar-refractivity contribution in [2.24, 2.45) is 5.73 Å². The Hall–Kier alpha value is -0.0800. The quantitative estimate of drug-likeness (QED) is 0.502. The third-order valence-corrected chi connectivity index (χ3v) is 4.02. The first-order valence-electron chi connectivity index (χ1n) is 7.83. The van der Waals surface area contributed by atoms with Gasteiger partial charge in [0, 0.05) is 18.6 Å². The molecule has 0 heterocycles. The zero-order chi connectivity index (χ0) is 12.3. The van der Waals surface area contributed by atoms with Crippen LogP contribution in [0, 0.1) is 0 Å². The Labute approximate surface area is 108 Å². The van der Waals surface area contributed by atoms with E-state index in [0.29, 0.717) is 6.04 Å². The van der Waals surface area contributed by atoms with Crippen LogP contribution in [0.2, 0.25) is 0 Å². The molecule has 1 fully saturated rings. The zero-order valence-corrected chi connectivity index (χ0v) is 11.7. The van der Waals surface area contributed by atoms with Crippen LogP contribution < -0.4 is 11.1 Å². The van der Waals surface area contributed by atoms with Crippen LogP contribution in [-0.2, 0) is 0 Å². The van der Waals surface area contributed by atoms with Gasteiger partial charge in [-0.1, -0.05) is 58.3 Å². The second-order valence-corrected chi connectivity index (χ2v) is 5.64. The van der Waals surface area contributed by atoms with Gasteiger partial charge in [-0.05, 0) is 19.3 Å². The molecule has 2 nitrogen and oxygen atoms in total. The highest BCUT2D eigenvalue weighted by atomic mass is 15.0. The summed E-state index contributed by atoms with van der Waals surface area (Å²) < 4.78 is 0. The number of hydrogen-bond donors (Lipinski definition) is 2. The number of unbranched alkanes of at least 4 members (excludes halogenated alkanes) is 3. The molecule has 0 aromatic heterocycles. The molecule has 3 N–H and O–H groups in total. The lowest BCUT2D eigenvalue weighted by molar-refractivity contribution is 0.373. The van der Waals surface area contributed by atoms with Gasteiger partial charge in [-0.3, -0.25) is 0 Å². The van der Waals surface area contributed by atoms with Crippen molar-refractivity contribution in [2.45, 2.75) is 89.6 Å². The van der Waals surface area contributed by atoms with E-state index in [2.05, 4.69) is 12.2 Å². The van der Waals surface area contributed by atoms with E-state index in [4.69, 9.17) is 5.73 Å². The topological polar surface area (TPSA) is 38.0 Å². The molecular formula is C15H32N2. The molecule has 0 aromatic carbocycles. The summed E-state index contributed by atoms with van der Waals surface area (Å²) in [5.74, 6) is 0. The lowest BCUT2D eigenvalue weighted by Crippen LogP contribution is -2.42. The van der Waals surface area contributed by atoms with Gasteiger partial charge in [0.25, 0.3) is 0 Å². The summed E-state index contributed by atoms with van der Waals surface area (Å²) in [6.07, 6.45) is 15.1. The van der Waals surface area contributed by atoms with Gasteiger partial charge in [-0.15, -0.1) is 0 Å². The minimum Gasteiger partial charge on any atom is -0.329 e. The fourth-order valence-corrected chi connectivity index (χ4v) is 2.87. The summed E-state index contributed by atoms with van der Waals surface area (Å²) in [4.78, 5) is 0. The smallest absolute Gasteiger partial charge is 0.0192 e. The van der Waals surface area contributed by atoms with Crippen molar-refractivity contribution in [1.82, 2.24) is 5.32 Å². The highest BCUT2D eigenvalue weighted by molar-refractivity contribution is 4.77. The molecule has 1 rings (SSSR count). The van der Waals surface area contributed by atoms with Gasteiger partial charge in [-0.2, -0.15) is 0 Å². The Bertz CT molecular complexity index is 162. The molecule has 0 amide bonds. The molecule has 0 aromatic rings. The number of rotatable bonds is 8. The molecule has 0 aliphatic heterocycles. The molecule has 1 atom stereocenters. The van der Waals surface area contributed by atoms with Gasteiger partial charge in [-0.25, -0.2) is 0 Å². The van der Waals surface area contributed by atoms with E-state index in [-0.39, 0.29) is 0 Å². The predicted octanol–water partition coefficient (Wildman–Crippen LogP) is 3.60. The largest absolute Gasteiger partial charge is 0.329 e.